The van der Waals surface area contributed by atoms with Gasteiger partial charge in [-0.25, -0.2) is 4.39 Å². The number of rotatable bonds is 6. The van der Waals surface area contributed by atoms with Crippen molar-refractivity contribution in [3.8, 4) is 5.75 Å². The van der Waals surface area contributed by atoms with Crippen LogP contribution in [0.25, 0.3) is 0 Å². The number of methoxy groups -OCH3 is 1. The number of carbonyl (C=O) groups is 2. The number of fused-ring (bicyclic) bond motifs is 1. The first kappa shape index (κ1) is 22.0. The average molecular weight is 438 g/mol. The van der Waals surface area contributed by atoms with Gasteiger partial charge >= 0.3 is 5.97 Å². The van der Waals surface area contributed by atoms with Crippen LogP contribution < -0.4 is 4.74 Å². The normalized spacial score (nSPS) is 20.3. The minimum atomic E-state index is -0.833. The van der Waals surface area contributed by atoms with Crippen LogP contribution in [0.5, 0.6) is 5.75 Å². The number of amides is 1. The van der Waals surface area contributed by atoms with E-state index in [0.717, 1.165) is 23.4 Å². The van der Waals surface area contributed by atoms with Crippen LogP contribution in [-0.2, 0) is 11.2 Å². The summed E-state index contributed by atoms with van der Waals surface area (Å²) in [6.45, 7) is 1.57. The van der Waals surface area contributed by atoms with Crippen molar-refractivity contribution in [1.82, 2.24) is 4.90 Å². The minimum absolute atomic E-state index is 0.0378. The van der Waals surface area contributed by atoms with Crippen molar-refractivity contribution in [3.63, 3.8) is 0 Å². The molecule has 0 unspecified atom stereocenters. The summed E-state index contributed by atoms with van der Waals surface area (Å²) < 4.78 is 19.0. The number of carboxylic acids is 1. The molecule has 2 heterocycles. The fraction of sp³-hybridized carbons (Fsp3) is 0.400. The number of benzene rings is 2. The summed E-state index contributed by atoms with van der Waals surface area (Å²) in [6.07, 6.45) is 2.10. The van der Waals surface area contributed by atoms with Gasteiger partial charge in [0.2, 0.25) is 0 Å². The number of nitrogens with zero attached hydrogens (tertiary/aromatic N) is 2. The number of hydrogen-bond donors (Lipinski definition) is 1. The Labute approximate surface area is 186 Å². The van der Waals surface area contributed by atoms with Gasteiger partial charge in [-0.1, -0.05) is 6.07 Å². The highest BCUT2D eigenvalue weighted by Gasteiger charge is 2.34. The minimum Gasteiger partial charge on any atom is -0.497 e. The quantitative estimate of drug-likeness (QED) is 0.744. The zero-order chi connectivity index (χ0) is 22.7. The second-order valence-corrected chi connectivity index (χ2v) is 8.47. The lowest BCUT2D eigenvalue weighted by Crippen LogP contribution is -2.45. The van der Waals surface area contributed by atoms with Crippen LogP contribution in [0.1, 0.15) is 40.7 Å². The number of carbonyl (C=O) groups excluding carboxylic acids is 1. The van der Waals surface area contributed by atoms with Crippen molar-refractivity contribution in [2.45, 2.75) is 25.7 Å². The van der Waals surface area contributed by atoms with E-state index in [9.17, 15) is 19.1 Å². The molecule has 32 heavy (non-hydrogen) atoms. The maximum absolute atomic E-state index is 13.6. The lowest BCUT2D eigenvalue weighted by molar-refractivity contribution is -0.138. The third-order valence-corrected chi connectivity index (χ3v) is 6.45. The summed E-state index contributed by atoms with van der Waals surface area (Å²) in [4.78, 5) is 30.9. The lowest BCUT2D eigenvalue weighted by Gasteiger charge is -2.39. The predicted molar refractivity (Wildman–Crippen MR) is 119 cm³/mol. The fourth-order valence-corrected chi connectivity index (χ4v) is 4.80. The molecule has 0 aliphatic carbocycles. The van der Waals surface area contributed by atoms with Crippen LogP contribution in [0, 0.1) is 17.7 Å². The first-order valence-electron chi connectivity index (χ1n) is 10.9. The summed E-state index contributed by atoms with van der Waals surface area (Å²) in [5, 5.41) is 9.42. The van der Waals surface area contributed by atoms with Gasteiger partial charge < -0.3 is 14.7 Å². The van der Waals surface area contributed by atoms with Crippen LogP contribution in [0.15, 0.2) is 47.5 Å². The van der Waals surface area contributed by atoms with Crippen LogP contribution >= 0.6 is 0 Å². The molecule has 1 saturated heterocycles. The number of carboxylic acid groups (broad SMARTS) is 1. The first-order valence-corrected chi connectivity index (χ1v) is 10.9. The summed E-state index contributed by atoms with van der Waals surface area (Å²) in [7, 11) is 1.64. The summed E-state index contributed by atoms with van der Waals surface area (Å²) >= 11 is 0. The standard InChI is InChI=1S/C25H27FN2O4/c1-32-21-5-6-22-17(12-21)7-9-27-23(22)13-19-15-28(10-8-16(19)14-24(29)30)25(31)18-3-2-4-20(26)11-18/h2-6,11-12,16,19H,7-10,13-15H2,1H3,(H,29,30)/t16-,19-/m0/s1. The number of aliphatic imine (C=N–C) groups is 1. The lowest BCUT2D eigenvalue weighted by atomic mass is 9.78. The Kier molecular flexibility index (Phi) is 6.53. The Morgan fingerprint density at radius 3 is 2.81 bits per heavy atom. The highest BCUT2D eigenvalue weighted by molar-refractivity contribution is 6.03. The number of piperidine rings is 1. The van der Waals surface area contributed by atoms with Crippen molar-refractivity contribution in [2.75, 3.05) is 26.7 Å². The Morgan fingerprint density at radius 2 is 2.06 bits per heavy atom. The van der Waals surface area contributed by atoms with Crippen LogP contribution in [0.3, 0.4) is 0 Å². The Hall–Kier alpha value is -3.22. The third kappa shape index (κ3) is 4.82. The molecule has 1 fully saturated rings. The molecule has 0 aromatic heterocycles. The van der Waals surface area contributed by atoms with E-state index in [4.69, 9.17) is 9.73 Å². The third-order valence-electron chi connectivity index (χ3n) is 6.45. The van der Waals surface area contributed by atoms with Crippen molar-refractivity contribution in [3.05, 3.63) is 65.0 Å². The van der Waals surface area contributed by atoms with Gasteiger partial charge in [-0.3, -0.25) is 14.6 Å². The van der Waals surface area contributed by atoms with Gasteiger partial charge in [0.05, 0.1) is 7.11 Å². The van der Waals surface area contributed by atoms with E-state index in [1.54, 1.807) is 18.1 Å². The van der Waals surface area contributed by atoms with Gasteiger partial charge in [0, 0.05) is 37.3 Å². The van der Waals surface area contributed by atoms with Gasteiger partial charge in [0.15, 0.2) is 0 Å². The Balaban J connectivity index is 1.56. The van der Waals surface area contributed by atoms with E-state index in [-0.39, 0.29) is 24.2 Å². The van der Waals surface area contributed by atoms with E-state index in [1.165, 1.54) is 23.8 Å². The molecule has 0 saturated carbocycles. The van der Waals surface area contributed by atoms with Crippen LogP contribution in [0.4, 0.5) is 4.39 Å². The number of aliphatic carboxylic acids is 1. The first-order chi connectivity index (χ1) is 15.4. The molecule has 1 amide bonds. The van der Waals surface area contributed by atoms with E-state index >= 15 is 0 Å². The molecule has 2 atom stereocenters. The molecule has 168 valence electrons. The fourth-order valence-electron chi connectivity index (χ4n) is 4.80. The van der Waals surface area contributed by atoms with Gasteiger partial charge in [0.25, 0.3) is 5.91 Å². The Morgan fingerprint density at radius 1 is 1.22 bits per heavy atom. The molecule has 2 aliphatic heterocycles. The molecule has 4 rings (SSSR count). The van der Waals surface area contributed by atoms with E-state index in [2.05, 4.69) is 0 Å². The molecule has 0 radical (unpaired) electrons. The summed E-state index contributed by atoms with van der Waals surface area (Å²) in [5.41, 5.74) is 3.51. The maximum Gasteiger partial charge on any atom is 0.303 e. The molecule has 6 nitrogen and oxygen atoms in total. The molecular weight excluding hydrogens is 411 g/mol. The smallest absolute Gasteiger partial charge is 0.303 e. The molecule has 0 bridgehead atoms. The molecule has 0 spiro atoms. The highest BCUT2D eigenvalue weighted by Crippen LogP contribution is 2.33. The van der Waals surface area contributed by atoms with Gasteiger partial charge in [0.1, 0.15) is 11.6 Å². The van der Waals surface area contributed by atoms with E-state index < -0.39 is 11.8 Å². The number of hydrogen-bond acceptors (Lipinski definition) is 4. The summed E-state index contributed by atoms with van der Waals surface area (Å²) in [6, 6.07) is 11.6. The molecular formula is C25H27FN2O4. The molecule has 1 N–H and O–H groups in total. The van der Waals surface area contributed by atoms with Crippen molar-refractivity contribution < 1.29 is 23.8 Å². The zero-order valence-corrected chi connectivity index (χ0v) is 18.1. The highest BCUT2D eigenvalue weighted by atomic mass is 19.1. The Bertz CT molecular complexity index is 1050. The largest absolute Gasteiger partial charge is 0.497 e. The second kappa shape index (κ2) is 9.51. The zero-order valence-electron chi connectivity index (χ0n) is 18.1. The molecule has 2 aromatic rings. The maximum atomic E-state index is 13.6. The summed E-state index contributed by atoms with van der Waals surface area (Å²) in [5.74, 6) is -0.783. The van der Waals surface area contributed by atoms with Gasteiger partial charge in [-0.15, -0.1) is 0 Å². The van der Waals surface area contributed by atoms with E-state index in [1.807, 2.05) is 18.2 Å². The monoisotopic (exact) mass is 438 g/mol. The van der Waals surface area contributed by atoms with Crippen LogP contribution in [-0.4, -0.2) is 54.3 Å². The number of ether oxygens (including phenoxy) is 1. The van der Waals surface area contributed by atoms with Crippen molar-refractivity contribution in [2.24, 2.45) is 16.8 Å². The molecule has 2 aromatic carbocycles. The predicted octanol–water partition coefficient (Wildman–Crippen LogP) is 3.82. The van der Waals surface area contributed by atoms with Gasteiger partial charge in [-0.05, 0) is 78.6 Å². The SMILES string of the molecule is COc1ccc2c(c1)CCN=C2C[C@H]1CN(C(=O)c2cccc(F)c2)CC[C@H]1CC(=O)O. The number of likely N-dealkylation sites (tertiary alicyclic amines) is 1. The average Bonchev–Trinajstić information content (AvgIpc) is 2.79. The molecule has 2 aliphatic rings. The van der Waals surface area contributed by atoms with Gasteiger partial charge in [-0.2, -0.15) is 0 Å². The topological polar surface area (TPSA) is 79.2 Å². The van der Waals surface area contributed by atoms with E-state index in [0.29, 0.717) is 38.0 Å². The molecule has 7 heteroatoms. The second-order valence-electron chi connectivity index (χ2n) is 8.47. The van der Waals surface area contributed by atoms with Crippen LogP contribution in [0.2, 0.25) is 0 Å². The van der Waals surface area contributed by atoms with Crippen molar-refractivity contribution >= 4 is 17.6 Å². The van der Waals surface area contributed by atoms with Crippen molar-refractivity contribution in [1.29, 1.82) is 0 Å². The number of halogens is 1.